The Morgan fingerprint density at radius 1 is 1.28 bits per heavy atom. The van der Waals surface area contributed by atoms with Gasteiger partial charge in [-0.05, 0) is 32.5 Å². The van der Waals surface area contributed by atoms with Crippen LogP contribution in [-0.4, -0.2) is 62.2 Å². The lowest BCUT2D eigenvalue weighted by atomic mass is 9.98. The van der Waals surface area contributed by atoms with Crippen LogP contribution in [0.1, 0.15) is 34.1 Å². The Bertz CT molecular complexity index is 230. The third kappa shape index (κ3) is 4.22. The lowest BCUT2D eigenvalue weighted by Crippen LogP contribution is -2.45. The van der Waals surface area contributed by atoms with E-state index in [1.54, 1.807) is 0 Å². The highest BCUT2D eigenvalue weighted by Crippen LogP contribution is 2.21. The van der Waals surface area contributed by atoms with E-state index in [2.05, 4.69) is 56.9 Å². The van der Waals surface area contributed by atoms with Crippen LogP contribution in [0, 0.1) is 11.8 Å². The molecule has 108 valence electrons. The van der Waals surface area contributed by atoms with E-state index in [0.717, 1.165) is 24.4 Å². The van der Waals surface area contributed by atoms with Gasteiger partial charge in [0.25, 0.3) is 0 Å². The van der Waals surface area contributed by atoms with Gasteiger partial charge in [0, 0.05) is 31.7 Å². The van der Waals surface area contributed by atoms with E-state index in [4.69, 9.17) is 0 Å². The first-order valence-electron chi connectivity index (χ1n) is 7.61. The second kappa shape index (κ2) is 7.46. The molecular formula is C15H33N3. The molecule has 1 N–H and O–H groups in total. The number of hydrogen-bond donors (Lipinski definition) is 1. The summed E-state index contributed by atoms with van der Waals surface area (Å²) in [6.45, 7) is 14.0. The van der Waals surface area contributed by atoms with Gasteiger partial charge in [-0.3, -0.25) is 4.90 Å². The summed E-state index contributed by atoms with van der Waals surface area (Å²) in [5, 5.41) is 3.66. The van der Waals surface area contributed by atoms with Crippen molar-refractivity contribution < 1.29 is 0 Å². The average Bonchev–Trinajstić information content (AvgIpc) is 2.69. The molecule has 1 saturated heterocycles. The Labute approximate surface area is 114 Å². The lowest BCUT2D eigenvalue weighted by Gasteiger charge is -2.29. The molecule has 4 atom stereocenters. The summed E-state index contributed by atoms with van der Waals surface area (Å²) in [6.07, 6.45) is 1.26. The maximum absolute atomic E-state index is 3.66. The zero-order chi connectivity index (χ0) is 13.7. The van der Waals surface area contributed by atoms with Crippen molar-refractivity contribution in [1.82, 2.24) is 15.1 Å². The van der Waals surface area contributed by atoms with Gasteiger partial charge >= 0.3 is 0 Å². The third-order valence-corrected chi connectivity index (χ3v) is 4.56. The van der Waals surface area contributed by atoms with Crippen LogP contribution in [0.2, 0.25) is 0 Å². The van der Waals surface area contributed by atoms with Gasteiger partial charge in [0.05, 0.1) is 0 Å². The largest absolute Gasteiger partial charge is 0.313 e. The Hall–Kier alpha value is -0.120. The highest BCUT2D eigenvalue weighted by molar-refractivity contribution is 4.89. The number of hydrogen-bond acceptors (Lipinski definition) is 3. The van der Waals surface area contributed by atoms with Crippen LogP contribution in [0.5, 0.6) is 0 Å². The second-order valence-electron chi connectivity index (χ2n) is 6.28. The van der Waals surface area contributed by atoms with Gasteiger partial charge in [-0.15, -0.1) is 0 Å². The topological polar surface area (TPSA) is 18.5 Å². The van der Waals surface area contributed by atoms with Gasteiger partial charge in [-0.1, -0.05) is 34.1 Å². The predicted molar refractivity (Wildman–Crippen MR) is 80.0 cm³/mol. The zero-order valence-electron chi connectivity index (χ0n) is 13.2. The summed E-state index contributed by atoms with van der Waals surface area (Å²) in [5.74, 6) is 1.55. The summed E-state index contributed by atoms with van der Waals surface area (Å²) >= 11 is 0. The minimum atomic E-state index is 0.646. The van der Waals surface area contributed by atoms with E-state index in [1.165, 1.54) is 26.1 Å². The van der Waals surface area contributed by atoms with Crippen molar-refractivity contribution in [2.24, 2.45) is 11.8 Å². The molecule has 1 rings (SSSR count). The number of nitrogens with one attached hydrogen (secondary N) is 1. The Morgan fingerprint density at radius 3 is 2.39 bits per heavy atom. The summed E-state index contributed by atoms with van der Waals surface area (Å²) in [7, 11) is 4.42. The van der Waals surface area contributed by atoms with Gasteiger partial charge in [-0.2, -0.15) is 0 Å². The van der Waals surface area contributed by atoms with Crippen molar-refractivity contribution in [3.8, 4) is 0 Å². The molecule has 0 aromatic heterocycles. The van der Waals surface area contributed by atoms with E-state index in [0.29, 0.717) is 6.04 Å². The highest BCUT2D eigenvalue weighted by Gasteiger charge is 2.32. The van der Waals surface area contributed by atoms with E-state index >= 15 is 0 Å². The maximum Gasteiger partial charge on any atom is 0.0254 e. The second-order valence-corrected chi connectivity index (χ2v) is 6.28. The average molecular weight is 255 g/mol. The monoisotopic (exact) mass is 255 g/mol. The van der Waals surface area contributed by atoms with Crippen LogP contribution in [0.3, 0.4) is 0 Å². The molecular weight excluding hydrogens is 222 g/mol. The van der Waals surface area contributed by atoms with Crippen molar-refractivity contribution in [1.29, 1.82) is 0 Å². The van der Waals surface area contributed by atoms with Crippen molar-refractivity contribution in [2.75, 3.05) is 40.3 Å². The summed E-state index contributed by atoms with van der Waals surface area (Å²) in [5.41, 5.74) is 0. The minimum absolute atomic E-state index is 0.646. The molecule has 3 heteroatoms. The standard InChI is InChI=1S/C15H33N3/c1-7-12(3)14(16-8-2)10-18-9-13(4)15(11-18)17(5)6/h12-16H,7-11H2,1-6H3. The van der Waals surface area contributed by atoms with Crippen LogP contribution in [0.15, 0.2) is 0 Å². The van der Waals surface area contributed by atoms with Crippen LogP contribution in [0.25, 0.3) is 0 Å². The predicted octanol–water partition coefficient (Wildman–Crippen LogP) is 1.89. The third-order valence-electron chi connectivity index (χ3n) is 4.56. The molecule has 1 aliphatic rings. The summed E-state index contributed by atoms with van der Waals surface area (Å²) in [6, 6.07) is 1.37. The summed E-state index contributed by atoms with van der Waals surface area (Å²) < 4.78 is 0. The Balaban J connectivity index is 2.50. The first-order chi connectivity index (χ1) is 8.49. The summed E-state index contributed by atoms with van der Waals surface area (Å²) in [4.78, 5) is 5.03. The molecule has 4 unspecified atom stereocenters. The smallest absolute Gasteiger partial charge is 0.0254 e. The van der Waals surface area contributed by atoms with Gasteiger partial charge < -0.3 is 10.2 Å². The maximum atomic E-state index is 3.66. The van der Waals surface area contributed by atoms with Crippen molar-refractivity contribution in [3.05, 3.63) is 0 Å². The van der Waals surface area contributed by atoms with Crippen LogP contribution in [0.4, 0.5) is 0 Å². The van der Waals surface area contributed by atoms with Gasteiger partial charge in [0.15, 0.2) is 0 Å². The normalized spacial score (nSPS) is 28.8. The molecule has 0 saturated carbocycles. The first-order valence-corrected chi connectivity index (χ1v) is 7.61. The van der Waals surface area contributed by atoms with E-state index in [-0.39, 0.29) is 0 Å². The molecule has 0 aromatic rings. The van der Waals surface area contributed by atoms with Crippen LogP contribution in [-0.2, 0) is 0 Å². The molecule has 0 aromatic carbocycles. The first kappa shape index (κ1) is 15.9. The van der Waals surface area contributed by atoms with Gasteiger partial charge in [-0.25, -0.2) is 0 Å². The lowest BCUT2D eigenvalue weighted by molar-refractivity contribution is 0.224. The molecule has 18 heavy (non-hydrogen) atoms. The van der Waals surface area contributed by atoms with Crippen molar-refractivity contribution in [3.63, 3.8) is 0 Å². The number of likely N-dealkylation sites (tertiary alicyclic amines) is 1. The SMILES string of the molecule is CCNC(CN1CC(C)C(N(C)C)C1)C(C)CC. The molecule has 1 aliphatic heterocycles. The molecule has 0 aliphatic carbocycles. The van der Waals surface area contributed by atoms with E-state index in [1.807, 2.05) is 0 Å². The molecule has 3 nitrogen and oxygen atoms in total. The van der Waals surface area contributed by atoms with Crippen LogP contribution >= 0.6 is 0 Å². The quantitative estimate of drug-likeness (QED) is 0.749. The Morgan fingerprint density at radius 2 is 1.94 bits per heavy atom. The van der Waals surface area contributed by atoms with E-state index < -0.39 is 0 Å². The van der Waals surface area contributed by atoms with E-state index in [9.17, 15) is 0 Å². The van der Waals surface area contributed by atoms with Crippen molar-refractivity contribution >= 4 is 0 Å². The minimum Gasteiger partial charge on any atom is -0.313 e. The zero-order valence-corrected chi connectivity index (χ0v) is 13.2. The number of rotatable bonds is 7. The molecule has 0 bridgehead atoms. The fraction of sp³-hybridized carbons (Fsp3) is 1.00. The van der Waals surface area contributed by atoms with Gasteiger partial charge in [0.2, 0.25) is 0 Å². The van der Waals surface area contributed by atoms with Gasteiger partial charge in [0.1, 0.15) is 0 Å². The molecule has 0 spiro atoms. The van der Waals surface area contributed by atoms with Crippen molar-refractivity contribution in [2.45, 2.75) is 46.2 Å². The molecule has 0 radical (unpaired) electrons. The fourth-order valence-corrected chi connectivity index (χ4v) is 3.14. The molecule has 0 amide bonds. The number of likely N-dealkylation sites (N-methyl/N-ethyl adjacent to an activating group) is 2. The molecule has 1 fully saturated rings. The Kier molecular flexibility index (Phi) is 6.61. The molecule has 1 heterocycles. The fourth-order valence-electron chi connectivity index (χ4n) is 3.14. The van der Waals surface area contributed by atoms with Crippen LogP contribution < -0.4 is 5.32 Å². The highest BCUT2D eigenvalue weighted by atomic mass is 15.2. The number of nitrogens with zero attached hydrogens (tertiary/aromatic N) is 2.